The van der Waals surface area contributed by atoms with Crippen molar-refractivity contribution in [1.29, 1.82) is 0 Å². The van der Waals surface area contributed by atoms with E-state index in [1.807, 2.05) is 12.1 Å². The highest BCUT2D eigenvalue weighted by Crippen LogP contribution is 2.48. The van der Waals surface area contributed by atoms with Crippen molar-refractivity contribution in [2.75, 3.05) is 44.2 Å². The highest BCUT2D eigenvalue weighted by molar-refractivity contribution is 5.94. The Bertz CT molecular complexity index is 1420. The van der Waals surface area contributed by atoms with Crippen LogP contribution in [0.1, 0.15) is 50.5 Å². The van der Waals surface area contributed by atoms with Gasteiger partial charge >= 0.3 is 6.01 Å². The van der Waals surface area contributed by atoms with E-state index in [1.54, 1.807) is 12.1 Å². The molecular formula is C30H35F2N5O2. The molecule has 1 saturated carbocycles. The van der Waals surface area contributed by atoms with Gasteiger partial charge < -0.3 is 20.1 Å². The van der Waals surface area contributed by atoms with Gasteiger partial charge in [-0.25, -0.2) is 8.78 Å². The average Bonchev–Trinajstić information content (AvgIpc) is 3.62. The molecule has 1 aromatic heterocycles. The number of hydrogen-bond donors (Lipinski definition) is 2. The smallest absolute Gasteiger partial charge is 0.319 e. The zero-order valence-electron chi connectivity index (χ0n) is 22.3. The number of aromatic nitrogens is 2. The molecule has 3 saturated heterocycles. The highest BCUT2D eigenvalue weighted by atomic mass is 19.1. The molecule has 4 fully saturated rings. The predicted octanol–water partition coefficient (Wildman–Crippen LogP) is 4.77. The molecule has 2 N–H and O–H groups in total. The fourth-order valence-electron chi connectivity index (χ4n) is 6.98. The zero-order valence-corrected chi connectivity index (χ0v) is 22.3. The molecule has 39 heavy (non-hydrogen) atoms. The number of aromatic hydroxyl groups is 1. The third-order valence-corrected chi connectivity index (χ3v) is 9.11. The quantitative estimate of drug-likeness (QED) is 0.471. The monoisotopic (exact) mass is 535 g/mol. The van der Waals surface area contributed by atoms with Crippen LogP contribution in [-0.2, 0) is 0 Å². The number of fused-ring (bicyclic) bond motifs is 2. The molecule has 4 aliphatic rings. The summed E-state index contributed by atoms with van der Waals surface area (Å²) in [5, 5.41) is 14.8. The topological polar surface area (TPSA) is 73.8 Å². The van der Waals surface area contributed by atoms with Crippen LogP contribution in [0.3, 0.4) is 0 Å². The molecule has 0 radical (unpaired) electrons. The minimum Gasteiger partial charge on any atom is -0.507 e. The van der Waals surface area contributed by atoms with Gasteiger partial charge in [-0.2, -0.15) is 9.97 Å². The lowest BCUT2D eigenvalue weighted by Gasteiger charge is -2.36. The Hall–Kier alpha value is -3.04. The second-order valence-corrected chi connectivity index (χ2v) is 11.8. The van der Waals surface area contributed by atoms with Crippen LogP contribution in [0, 0.1) is 5.82 Å². The SMILES string of the molecule is C[C@@H]1CNCCN1c1nc(OC[C@@]23CCCN2C[C@H](F)C3)nc2cc(-c3c(O)cccc3C3CC3)c(F)cc12. The van der Waals surface area contributed by atoms with E-state index in [9.17, 15) is 9.50 Å². The minimum atomic E-state index is -0.839. The van der Waals surface area contributed by atoms with E-state index >= 15 is 4.39 Å². The number of benzene rings is 2. The van der Waals surface area contributed by atoms with Crippen molar-refractivity contribution in [3.05, 3.63) is 41.7 Å². The van der Waals surface area contributed by atoms with Crippen molar-refractivity contribution in [2.45, 2.75) is 62.7 Å². The molecule has 4 heterocycles. The molecule has 7 rings (SSSR count). The van der Waals surface area contributed by atoms with E-state index in [2.05, 4.69) is 22.0 Å². The Morgan fingerprint density at radius 3 is 2.90 bits per heavy atom. The van der Waals surface area contributed by atoms with Crippen LogP contribution in [0.15, 0.2) is 30.3 Å². The molecule has 3 aliphatic heterocycles. The number of halogens is 2. The van der Waals surface area contributed by atoms with Gasteiger partial charge in [-0.3, -0.25) is 4.90 Å². The summed E-state index contributed by atoms with van der Waals surface area (Å²) in [6, 6.07) is 9.01. The van der Waals surface area contributed by atoms with Gasteiger partial charge in [-0.15, -0.1) is 0 Å². The number of piperazine rings is 1. The molecule has 7 nitrogen and oxygen atoms in total. The third kappa shape index (κ3) is 4.39. The minimum absolute atomic E-state index is 0.0709. The second-order valence-electron chi connectivity index (χ2n) is 11.8. The van der Waals surface area contributed by atoms with E-state index in [0.29, 0.717) is 53.3 Å². The summed E-state index contributed by atoms with van der Waals surface area (Å²) in [7, 11) is 0. The van der Waals surface area contributed by atoms with E-state index in [4.69, 9.17) is 14.7 Å². The summed E-state index contributed by atoms with van der Waals surface area (Å²) in [6.45, 7) is 6.10. The van der Waals surface area contributed by atoms with Crippen molar-refractivity contribution in [2.24, 2.45) is 0 Å². The van der Waals surface area contributed by atoms with Gasteiger partial charge in [-0.1, -0.05) is 12.1 Å². The largest absolute Gasteiger partial charge is 0.507 e. The molecule has 3 atom stereocenters. The first-order chi connectivity index (χ1) is 18.9. The van der Waals surface area contributed by atoms with Crippen molar-refractivity contribution in [3.63, 3.8) is 0 Å². The maximum atomic E-state index is 15.9. The van der Waals surface area contributed by atoms with E-state index in [1.165, 1.54) is 6.07 Å². The number of phenols is 1. The van der Waals surface area contributed by atoms with Crippen molar-refractivity contribution >= 4 is 16.7 Å². The van der Waals surface area contributed by atoms with Crippen molar-refractivity contribution in [3.8, 4) is 22.9 Å². The molecule has 1 aliphatic carbocycles. The summed E-state index contributed by atoms with van der Waals surface area (Å²) >= 11 is 0. The summed E-state index contributed by atoms with van der Waals surface area (Å²) < 4.78 is 36.5. The standard InChI is InChI=1S/C30H35F2N5O2/c1-18-15-33-9-11-37(18)28-23-12-24(32)22(27-21(19-6-7-19)4-2-5-26(27)38)13-25(23)34-29(35-28)39-17-30-8-3-10-36(30)16-20(31)14-30/h2,4-5,12-13,18-20,33,38H,3,6-11,14-17H2,1H3/t18-,20-,30+/m1/s1. The molecule has 9 heteroatoms. The fourth-order valence-corrected chi connectivity index (χ4v) is 6.98. The van der Waals surface area contributed by atoms with E-state index in [-0.39, 0.29) is 23.3 Å². The van der Waals surface area contributed by atoms with Crippen LogP contribution in [0.2, 0.25) is 0 Å². The summed E-state index contributed by atoms with van der Waals surface area (Å²) in [4.78, 5) is 14.0. The fraction of sp³-hybridized carbons (Fsp3) is 0.533. The summed E-state index contributed by atoms with van der Waals surface area (Å²) in [5.41, 5.74) is 2.10. The highest BCUT2D eigenvalue weighted by Gasteiger charge is 2.49. The first kappa shape index (κ1) is 25.0. The molecule has 2 aromatic carbocycles. The normalized spacial score (nSPS) is 27.3. The second kappa shape index (κ2) is 9.55. The molecule has 206 valence electrons. The van der Waals surface area contributed by atoms with Gasteiger partial charge in [0.2, 0.25) is 0 Å². The molecule has 0 amide bonds. The third-order valence-electron chi connectivity index (χ3n) is 9.11. The van der Waals surface area contributed by atoms with Gasteiger partial charge in [0.1, 0.15) is 30.2 Å². The Balaban J connectivity index is 1.33. The Labute approximate surface area is 227 Å². The van der Waals surface area contributed by atoms with Crippen LogP contribution in [0.5, 0.6) is 11.8 Å². The van der Waals surface area contributed by atoms with Gasteiger partial charge in [0.25, 0.3) is 0 Å². The van der Waals surface area contributed by atoms with Crippen molar-refractivity contribution < 1.29 is 18.6 Å². The number of anilines is 1. The lowest BCUT2D eigenvalue weighted by Crippen LogP contribution is -2.50. The molecule has 0 bridgehead atoms. The zero-order chi connectivity index (χ0) is 26.7. The molecule has 0 spiro atoms. The Kier molecular flexibility index (Phi) is 6.12. The van der Waals surface area contributed by atoms with Crippen LogP contribution in [0.4, 0.5) is 14.6 Å². The van der Waals surface area contributed by atoms with Gasteiger partial charge in [0.15, 0.2) is 0 Å². The van der Waals surface area contributed by atoms with Gasteiger partial charge in [0, 0.05) is 55.2 Å². The first-order valence-corrected chi connectivity index (χ1v) is 14.2. The Morgan fingerprint density at radius 1 is 1.21 bits per heavy atom. The number of nitrogens with zero attached hydrogens (tertiary/aromatic N) is 4. The number of hydrogen-bond acceptors (Lipinski definition) is 7. The van der Waals surface area contributed by atoms with Crippen LogP contribution in [-0.4, -0.2) is 77.1 Å². The van der Waals surface area contributed by atoms with Crippen molar-refractivity contribution in [1.82, 2.24) is 20.2 Å². The predicted molar refractivity (Wildman–Crippen MR) is 147 cm³/mol. The molecule has 0 unspecified atom stereocenters. The number of phenolic OH excluding ortho intramolecular Hbond substituents is 1. The van der Waals surface area contributed by atoms with Crippen LogP contribution in [0.25, 0.3) is 22.0 Å². The molecular weight excluding hydrogens is 500 g/mol. The first-order valence-electron chi connectivity index (χ1n) is 14.2. The van der Waals surface area contributed by atoms with Gasteiger partial charge in [0.05, 0.1) is 11.1 Å². The number of alkyl halides is 1. The molecule has 3 aromatic rings. The Morgan fingerprint density at radius 2 is 2.08 bits per heavy atom. The average molecular weight is 536 g/mol. The van der Waals surface area contributed by atoms with Crippen LogP contribution >= 0.6 is 0 Å². The number of nitrogens with one attached hydrogen (secondary N) is 1. The van der Waals surface area contributed by atoms with Crippen LogP contribution < -0.4 is 15.0 Å². The number of rotatable bonds is 6. The maximum Gasteiger partial charge on any atom is 0.319 e. The lowest BCUT2D eigenvalue weighted by atomic mass is 9.94. The summed E-state index contributed by atoms with van der Waals surface area (Å²) in [6.07, 6.45) is 3.63. The summed E-state index contributed by atoms with van der Waals surface area (Å²) in [5.74, 6) is 0.641. The van der Waals surface area contributed by atoms with Gasteiger partial charge in [-0.05, 0) is 68.8 Å². The van der Waals surface area contributed by atoms with E-state index < -0.39 is 12.0 Å². The number of ether oxygens (including phenoxy) is 1. The van der Waals surface area contributed by atoms with E-state index in [0.717, 1.165) is 57.4 Å². The lowest BCUT2D eigenvalue weighted by molar-refractivity contribution is 0.107. The maximum absolute atomic E-state index is 15.9.